The van der Waals surface area contributed by atoms with E-state index in [9.17, 15) is 4.39 Å². The number of rotatable bonds is 6. The molecule has 0 aromatic heterocycles. The molecule has 0 heterocycles. The summed E-state index contributed by atoms with van der Waals surface area (Å²) in [6.45, 7) is 3.11. The lowest BCUT2D eigenvalue weighted by Crippen LogP contribution is -2.32. The molecule has 5 heteroatoms. The molecule has 1 atom stereocenters. The van der Waals surface area contributed by atoms with Gasteiger partial charge in [-0.05, 0) is 24.6 Å². The van der Waals surface area contributed by atoms with E-state index in [-0.39, 0.29) is 17.6 Å². The number of nitrogens with zero attached hydrogens (tertiary/aromatic N) is 1. The van der Waals surface area contributed by atoms with Gasteiger partial charge in [0.05, 0.1) is 0 Å². The topological polar surface area (TPSA) is 70.6 Å². The van der Waals surface area contributed by atoms with Crippen molar-refractivity contribution in [1.82, 2.24) is 5.32 Å². The first-order chi connectivity index (χ1) is 8.15. The fourth-order valence-electron chi connectivity index (χ4n) is 1.45. The molecule has 0 amide bonds. The molecule has 1 unspecified atom stereocenters. The molecular formula is C12H18FN3O. The maximum Gasteiger partial charge on any atom is 0.143 e. The molecule has 0 spiro atoms. The van der Waals surface area contributed by atoms with Gasteiger partial charge in [0, 0.05) is 12.5 Å². The lowest BCUT2D eigenvalue weighted by Gasteiger charge is -2.11. The highest BCUT2D eigenvalue weighted by atomic mass is 19.1. The monoisotopic (exact) mass is 239 g/mol. The summed E-state index contributed by atoms with van der Waals surface area (Å²) in [5, 5.41) is 14.5. The Morgan fingerprint density at radius 3 is 2.88 bits per heavy atom. The Balaban J connectivity index is 2.28. The van der Waals surface area contributed by atoms with Crippen molar-refractivity contribution in [2.75, 3.05) is 13.1 Å². The standard InChI is InChI=1S/C12H18FN3O/c1-9(12(14)16-17)8-15-7-6-10-4-2-3-5-11(10)13/h2-5,9,15,17H,6-8H2,1H3,(H2,14,16). The van der Waals surface area contributed by atoms with Crippen LogP contribution in [0.3, 0.4) is 0 Å². The highest BCUT2D eigenvalue weighted by Gasteiger charge is 2.06. The van der Waals surface area contributed by atoms with E-state index in [0.29, 0.717) is 25.1 Å². The summed E-state index contributed by atoms with van der Waals surface area (Å²) in [7, 11) is 0. The van der Waals surface area contributed by atoms with Gasteiger partial charge in [0.2, 0.25) is 0 Å². The normalized spacial score (nSPS) is 13.6. The molecule has 1 aromatic rings. The summed E-state index contributed by atoms with van der Waals surface area (Å²) < 4.78 is 13.3. The third kappa shape index (κ3) is 4.40. The number of hydrogen-bond acceptors (Lipinski definition) is 3. The van der Waals surface area contributed by atoms with Crippen molar-refractivity contribution < 1.29 is 9.60 Å². The number of oxime groups is 1. The Hall–Kier alpha value is -1.62. The van der Waals surface area contributed by atoms with E-state index >= 15 is 0 Å². The smallest absolute Gasteiger partial charge is 0.143 e. The molecule has 0 aliphatic heterocycles. The van der Waals surface area contributed by atoms with E-state index in [2.05, 4.69) is 10.5 Å². The molecule has 0 radical (unpaired) electrons. The lowest BCUT2D eigenvalue weighted by molar-refractivity contribution is 0.314. The van der Waals surface area contributed by atoms with Gasteiger partial charge in [-0.3, -0.25) is 0 Å². The van der Waals surface area contributed by atoms with Gasteiger partial charge in [0.1, 0.15) is 11.7 Å². The van der Waals surface area contributed by atoms with Gasteiger partial charge < -0.3 is 16.3 Å². The van der Waals surface area contributed by atoms with Gasteiger partial charge in [-0.1, -0.05) is 30.3 Å². The molecule has 0 aliphatic carbocycles. The van der Waals surface area contributed by atoms with Crippen LogP contribution in [0.4, 0.5) is 4.39 Å². The minimum atomic E-state index is -0.182. The minimum Gasteiger partial charge on any atom is -0.409 e. The third-order valence-electron chi connectivity index (χ3n) is 2.60. The van der Waals surface area contributed by atoms with Crippen LogP contribution in [0.2, 0.25) is 0 Å². The average molecular weight is 239 g/mol. The predicted molar refractivity (Wildman–Crippen MR) is 65.5 cm³/mol. The highest BCUT2D eigenvalue weighted by Crippen LogP contribution is 2.06. The molecule has 17 heavy (non-hydrogen) atoms. The Labute approximate surface area is 100 Å². The van der Waals surface area contributed by atoms with E-state index in [1.54, 1.807) is 12.1 Å². The first kappa shape index (κ1) is 13.4. The summed E-state index contributed by atoms with van der Waals surface area (Å²) in [6, 6.07) is 6.71. The SMILES string of the molecule is CC(CNCCc1ccccc1F)/C(N)=N/O. The molecule has 4 N–H and O–H groups in total. The summed E-state index contributed by atoms with van der Waals surface area (Å²) >= 11 is 0. The summed E-state index contributed by atoms with van der Waals surface area (Å²) in [6.07, 6.45) is 0.621. The second-order valence-electron chi connectivity index (χ2n) is 3.97. The summed E-state index contributed by atoms with van der Waals surface area (Å²) in [4.78, 5) is 0. The van der Waals surface area contributed by atoms with E-state index in [1.807, 2.05) is 13.0 Å². The molecule has 0 fully saturated rings. The van der Waals surface area contributed by atoms with Crippen molar-refractivity contribution in [3.63, 3.8) is 0 Å². The number of benzene rings is 1. The van der Waals surface area contributed by atoms with E-state index in [0.717, 1.165) is 0 Å². The molecular weight excluding hydrogens is 221 g/mol. The van der Waals surface area contributed by atoms with Crippen molar-refractivity contribution in [3.8, 4) is 0 Å². The zero-order valence-electron chi connectivity index (χ0n) is 9.86. The fourth-order valence-corrected chi connectivity index (χ4v) is 1.45. The van der Waals surface area contributed by atoms with E-state index in [1.165, 1.54) is 6.07 Å². The Bertz CT molecular complexity index is 382. The van der Waals surface area contributed by atoms with Crippen LogP contribution in [0, 0.1) is 11.7 Å². The molecule has 0 bridgehead atoms. The van der Waals surface area contributed by atoms with Gasteiger partial charge >= 0.3 is 0 Å². The van der Waals surface area contributed by atoms with Crippen LogP contribution in [0.5, 0.6) is 0 Å². The summed E-state index contributed by atoms with van der Waals surface area (Å²) in [5.41, 5.74) is 6.13. The second-order valence-corrected chi connectivity index (χ2v) is 3.97. The zero-order chi connectivity index (χ0) is 12.7. The van der Waals surface area contributed by atoms with Crippen molar-refractivity contribution >= 4 is 5.84 Å². The van der Waals surface area contributed by atoms with Crippen molar-refractivity contribution in [3.05, 3.63) is 35.6 Å². The average Bonchev–Trinajstić information content (AvgIpc) is 2.35. The van der Waals surface area contributed by atoms with Crippen LogP contribution >= 0.6 is 0 Å². The van der Waals surface area contributed by atoms with Gasteiger partial charge in [-0.15, -0.1) is 0 Å². The van der Waals surface area contributed by atoms with Crippen LogP contribution in [0.1, 0.15) is 12.5 Å². The molecule has 1 rings (SSSR count). The Morgan fingerprint density at radius 1 is 1.53 bits per heavy atom. The number of amidine groups is 1. The van der Waals surface area contributed by atoms with Crippen LogP contribution in [0.25, 0.3) is 0 Å². The minimum absolute atomic E-state index is 0.0411. The maximum absolute atomic E-state index is 13.3. The molecule has 0 saturated heterocycles. The van der Waals surface area contributed by atoms with Gasteiger partial charge in [0.25, 0.3) is 0 Å². The zero-order valence-corrected chi connectivity index (χ0v) is 9.86. The van der Waals surface area contributed by atoms with E-state index < -0.39 is 0 Å². The number of nitrogens with two attached hydrogens (primary N) is 1. The van der Waals surface area contributed by atoms with Crippen LogP contribution in [-0.2, 0) is 6.42 Å². The van der Waals surface area contributed by atoms with Crippen molar-refractivity contribution in [1.29, 1.82) is 0 Å². The first-order valence-electron chi connectivity index (χ1n) is 5.56. The Kier molecular flexibility index (Phi) is 5.42. The largest absolute Gasteiger partial charge is 0.409 e. The first-order valence-corrected chi connectivity index (χ1v) is 5.56. The number of halogens is 1. The van der Waals surface area contributed by atoms with Crippen molar-refractivity contribution in [2.24, 2.45) is 16.8 Å². The predicted octanol–water partition coefficient (Wildman–Crippen LogP) is 1.34. The Morgan fingerprint density at radius 2 is 2.24 bits per heavy atom. The molecule has 1 aromatic carbocycles. The quantitative estimate of drug-likeness (QED) is 0.231. The second kappa shape index (κ2) is 6.85. The lowest BCUT2D eigenvalue weighted by atomic mass is 10.1. The fraction of sp³-hybridized carbons (Fsp3) is 0.417. The van der Waals surface area contributed by atoms with E-state index in [4.69, 9.17) is 10.9 Å². The van der Waals surface area contributed by atoms with Crippen LogP contribution < -0.4 is 11.1 Å². The van der Waals surface area contributed by atoms with Gasteiger partial charge in [0.15, 0.2) is 0 Å². The van der Waals surface area contributed by atoms with Crippen LogP contribution in [-0.4, -0.2) is 24.1 Å². The molecule has 4 nitrogen and oxygen atoms in total. The highest BCUT2D eigenvalue weighted by molar-refractivity contribution is 5.82. The van der Waals surface area contributed by atoms with Gasteiger partial charge in [-0.25, -0.2) is 4.39 Å². The molecule has 0 saturated carbocycles. The molecule has 0 aliphatic rings. The number of nitrogens with one attached hydrogen (secondary N) is 1. The molecule has 94 valence electrons. The third-order valence-corrected chi connectivity index (χ3v) is 2.60. The van der Waals surface area contributed by atoms with Crippen LogP contribution in [0.15, 0.2) is 29.4 Å². The van der Waals surface area contributed by atoms with Gasteiger partial charge in [-0.2, -0.15) is 0 Å². The summed E-state index contributed by atoms with van der Waals surface area (Å²) in [5.74, 6) is -0.0252. The van der Waals surface area contributed by atoms with Crippen molar-refractivity contribution in [2.45, 2.75) is 13.3 Å². The number of hydrogen-bond donors (Lipinski definition) is 3. The maximum atomic E-state index is 13.3.